The van der Waals surface area contributed by atoms with Crippen LogP contribution in [0.4, 0.5) is 0 Å². The Morgan fingerprint density at radius 2 is 2.12 bits per heavy atom. The fourth-order valence-corrected chi connectivity index (χ4v) is 4.06. The second-order valence-electron chi connectivity index (χ2n) is 5.91. The smallest absolute Gasteiger partial charge is 0.108 e. The van der Waals surface area contributed by atoms with Gasteiger partial charge in [-0.05, 0) is 51.2 Å². The molecule has 2 atom stereocenters. The first-order valence-electron chi connectivity index (χ1n) is 6.78. The van der Waals surface area contributed by atoms with Crippen molar-refractivity contribution in [1.29, 1.82) is 5.26 Å². The number of hydrogen-bond donors (Lipinski definition) is 1. The number of hydrogen-bond acceptors (Lipinski definition) is 3. The lowest BCUT2D eigenvalue weighted by molar-refractivity contribution is 0.386. The van der Waals surface area contributed by atoms with E-state index in [2.05, 4.69) is 50.8 Å². The number of nitrogens with one attached hydrogen (secondary N) is 1. The molecule has 2 nitrogen and oxygen atoms in total. The summed E-state index contributed by atoms with van der Waals surface area (Å²) in [6.07, 6.45) is 4.51. The van der Waals surface area contributed by atoms with Gasteiger partial charge in [0, 0.05) is 11.3 Å². The molecule has 0 bridgehead atoms. The first kappa shape index (κ1) is 14.9. The van der Waals surface area contributed by atoms with Crippen LogP contribution in [-0.2, 0) is 0 Å². The molecule has 1 rings (SSSR count). The molecule has 0 heterocycles. The van der Waals surface area contributed by atoms with Crippen LogP contribution >= 0.6 is 11.8 Å². The Morgan fingerprint density at radius 1 is 1.41 bits per heavy atom. The van der Waals surface area contributed by atoms with Gasteiger partial charge in [0.2, 0.25) is 0 Å². The minimum absolute atomic E-state index is 0.246. The summed E-state index contributed by atoms with van der Waals surface area (Å²) in [5.74, 6) is 2.03. The van der Waals surface area contributed by atoms with E-state index in [1.807, 2.05) is 0 Å². The van der Waals surface area contributed by atoms with Crippen molar-refractivity contribution in [3.05, 3.63) is 0 Å². The van der Waals surface area contributed by atoms with Gasteiger partial charge in [-0.25, -0.2) is 0 Å². The van der Waals surface area contributed by atoms with Crippen molar-refractivity contribution >= 4 is 11.8 Å². The fourth-order valence-electron chi connectivity index (χ4n) is 2.43. The monoisotopic (exact) mass is 254 g/mol. The molecule has 0 aromatic rings. The van der Waals surface area contributed by atoms with Gasteiger partial charge in [-0.1, -0.05) is 13.8 Å². The van der Waals surface area contributed by atoms with E-state index in [0.717, 1.165) is 18.8 Å². The van der Waals surface area contributed by atoms with E-state index < -0.39 is 0 Å². The Balaban J connectivity index is 2.37. The van der Waals surface area contributed by atoms with Gasteiger partial charge in [-0.3, -0.25) is 5.32 Å². The summed E-state index contributed by atoms with van der Waals surface area (Å²) in [6, 6.07) is 2.91. The predicted octanol–water partition coefficient (Wildman–Crippen LogP) is 3.58. The standard InChI is InChI=1S/C14H26N2S/c1-11(2)6-8-17-13-5-7-14(9-13,10-15)16-12(3)4/h11-13,16H,5-9H2,1-4H3. The molecule has 1 aliphatic carbocycles. The third kappa shape index (κ3) is 4.89. The highest BCUT2D eigenvalue weighted by Gasteiger charge is 2.39. The van der Waals surface area contributed by atoms with Gasteiger partial charge < -0.3 is 0 Å². The summed E-state index contributed by atoms with van der Waals surface area (Å²) >= 11 is 2.07. The zero-order chi connectivity index (χ0) is 12.9. The molecule has 17 heavy (non-hydrogen) atoms. The SMILES string of the molecule is CC(C)CCSC1CCC(C#N)(NC(C)C)C1. The summed E-state index contributed by atoms with van der Waals surface area (Å²) in [6.45, 7) is 8.79. The van der Waals surface area contributed by atoms with Crippen molar-refractivity contribution in [3.63, 3.8) is 0 Å². The first-order chi connectivity index (χ1) is 7.97. The second-order valence-corrected chi connectivity index (χ2v) is 7.32. The van der Waals surface area contributed by atoms with E-state index in [9.17, 15) is 5.26 Å². The van der Waals surface area contributed by atoms with Crippen LogP contribution in [0.1, 0.15) is 53.4 Å². The fraction of sp³-hybridized carbons (Fsp3) is 0.929. The summed E-state index contributed by atoms with van der Waals surface area (Å²) in [5, 5.41) is 13.5. The largest absolute Gasteiger partial charge is 0.297 e. The van der Waals surface area contributed by atoms with Crippen LogP contribution in [0.15, 0.2) is 0 Å². The third-order valence-corrected chi connectivity index (χ3v) is 4.64. The van der Waals surface area contributed by atoms with Crippen molar-refractivity contribution in [1.82, 2.24) is 5.32 Å². The molecule has 0 aliphatic heterocycles. The molecule has 1 N–H and O–H groups in total. The number of nitriles is 1. The van der Waals surface area contributed by atoms with Crippen LogP contribution in [-0.4, -0.2) is 22.6 Å². The predicted molar refractivity (Wildman–Crippen MR) is 76.2 cm³/mol. The van der Waals surface area contributed by atoms with E-state index in [-0.39, 0.29) is 5.54 Å². The molecule has 0 spiro atoms. The van der Waals surface area contributed by atoms with Crippen LogP contribution in [0.5, 0.6) is 0 Å². The van der Waals surface area contributed by atoms with E-state index in [4.69, 9.17) is 0 Å². The van der Waals surface area contributed by atoms with Gasteiger partial charge in [-0.2, -0.15) is 17.0 Å². The average molecular weight is 254 g/mol. The van der Waals surface area contributed by atoms with Gasteiger partial charge in [0.1, 0.15) is 5.54 Å². The molecule has 98 valence electrons. The Morgan fingerprint density at radius 3 is 2.65 bits per heavy atom. The van der Waals surface area contributed by atoms with Gasteiger partial charge in [0.15, 0.2) is 0 Å². The summed E-state index contributed by atoms with van der Waals surface area (Å²) < 4.78 is 0. The Labute approximate surface area is 111 Å². The molecule has 1 aliphatic rings. The zero-order valence-electron chi connectivity index (χ0n) is 11.6. The lowest BCUT2D eigenvalue weighted by Crippen LogP contribution is -2.45. The van der Waals surface area contributed by atoms with Crippen molar-refractivity contribution in [2.45, 2.75) is 70.2 Å². The quantitative estimate of drug-likeness (QED) is 0.787. The molecular weight excluding hydrogens is 228 g/mol. The third-order valence-electron chi connectivity index (χ3n) is 3.30. The highest BCUT2D eigenvalue weighted by atomic mass is 32.2. The van der Waals surface area contributed by atoms with Crippen molar-refractivity contribution in [3.8, 4) is 6.07 Å². The maximum atomic E-state index is 9.38. The van der Waals surface area contributed by atoms with Crippen LogP contribution in [0.3, 0.4) is 0 Å². The van der Waals surface area contributed by atoms with Crippen LogP contribution < -0.4 is 5.32 Å². The van der Waals surface area contributed by atoms with Crippen molar-refractivity contribution in [2.75, 3.05) is 5.75 Å². The highest BCUT2D eigenvalue weighted by molar-refractivity contribution is 7.99. The molecule has 1 fully saturated rings. The van der Waals surface area contributed by atoms with Gasteiger partial charge in [0.05, 0.1) is 6.07 Å². The molecule has 0 radical (unpaired) electrons. The summed E-state index contributed by atoms with van der Waals surface area (Å²) in [4.78, 5) is 0. The second kappa shape index (κ2) is 6.66. The number of thioether (sulfide) groups is 1. The van der Waals surface area contributed by atoms with Gasteiger partial charge in [-0.15, -0.1) is 0 Å². The van der Waals surface area contributed by atoms with Gasteiger partial charge in [0.25, 0.3) is 0 Å². The molecule has 1 saturated carbocycles. The lowest BCUT2D eigenvalue weighted by atomic mass is 9.99. The highest BCUT2D eigenvalue weighted by Crippen LogP contribution is 2.37. The maximum absolute atomic E-state index is 9.38. The Bertz CT molecular complexity index is 270. The van der Waals surface area contributed by atoms with Crippen LogP contribution in [0.25, 0.3) is 0 Å². The normalized spacial score (nSPS) is 28.9. The molecule has 0 amide bonds. The molecular formula is C14H26N2S. The first-order valence-corrected chi connectivity index (χ1v) is 7.83. The van der Waals surface area contributed by atoms with E-state index >= 15 is 0 Å². The Hall–Kier alpha value is -0.200. The average Bonchev–Trinajstić information content (AvgIpc) is 2.61. The van der Waals surface area contributed by atoms with E-state index in [1.54, 1.807) is 0 Å². The molecule has 2 unspecified atom stereocenters. The zero-order valence-corrected chi connectivity index (χ0v) is 12.4. The topological polar surface area (TPSA) is 35.8 Å². The maximum Gasteiger partial charge on any atom is 0.108 e. The lowest BCUT2D eigenvalue weighted by Gasteiger charge is -2.25. The number of rotatable bonds is 6. The molecule has 0 aromatic carbocycles. The molecule has 3 heteroatoms. The minimum Gasteiger partial charge on any atom is -0.297 e. The van der Waals surface area contributed by atoms with Crippen molar-refractivity contribution < 1.29 is 0 Å². The molecule has 0 aromatic heterocycles. The summed E-state index contributed by atoms with van der Waals surface area (Å²) in [5.41, 5.74) is -0.246. The van der Waals surface area contributed by atoms with Crippen LogP contribution in [0.2, 0.25) is 0 Å². The summed E-state index contributed by atoms with van der Waals surface area (Å²) in [7, 11) is 0. The molecule has 0 saturated heterocycles. The van der Waals surface area contributed by atoms with Crippen molar-refractivity contribution in [2.24, 2.45) is 5.92 Å². The Kier molecular flexibility index (Phi) is 5.82. The van der Waals surface area contributed by atoms with Gasteiger partial charge >= 0.3 is 0 Å². The van der Waals surface area contributed by atoms with E-state index in [1.165, 1.54) is 18.6 Å². The van der Waals surface area contributed by atoms with Crippen LogP contribution in [0, 0.1) is 17.2 Å². The minimum atomic E-state index is -0.246. The van der Waals surface area contributed by atoms with E-state index in [0.29, 0.717) is 11.3 Å². The number of nitrogens with zero attached hydrogens (tertiary/aromatic N) is 1.